The Morgan fingerprint density at radius 2 is 1.94 bits per heavy atom. The molecule has 0 spiro atoms. The minimum absolute atomic E-state index is 0.217. The number of hydrogen-bond acceptors (Lipinski definition) is 4. The van der Waals surface area contributed by atoms with E-state index in [0.29, 0.717) is 16.7 Å². The molecular formula is C10H9ClN2O2S. The lowest BCUT2D eigenvalue weighted by molar-refractivity contribution is 0.602. The van der Waals surface area contributed by atoms with Crippen molar-refractivity contribution in [2.75, 3.05) is 6.26 Å². The molecule has 0 N–H and O–H groups in total. The van der Waals surface area contributed by atoms with Gasteiger partial charge in [-0.3, -0.25) is 0 Å². The molecule has 2 rings (SSSR count). The van der Waals surface area contributed by atoms with Gasteiger partial charge in [-0.15, -0.1) is 0 Å². The molecule has 2 aromatic rings. The van der Waals surface area contributed by atoms with Crippen LogP contribution in [0.25, 0.3) is 10.9 Å². The molecule has 1 aromatic heterocycles. The van der Waals surface area contributed by atoms with Crippen molar-refractivity contribution in [3.8, 4) is 0 Å². The molecule has 84 valence electrons. The van der Waals surface area contributed by atoms with Crippen LogP contribution in [0.4, 0.5) is 0 Å². The molecule has 0 unspecified atom stereocenters. The van der Waals surface area contributed by atoms with E-state index in [0.717, 1.165) is 6.26 Å². The molecule has 4 nitrogen and oxygen atoms in total. The molecule has 0 aliphatic carbocycles. The lowest BCUT2D eigenvalue weighted by Gasteiger charge is -2.03. The van der Waals surface area contributed by atoms with E-state index in [1.165, 1.54) is 12.1 Å². The van der Waals surface area contributed by atoms with E-state index in [2.05, 4.69) is 9.97 Å². The summed E-state index contributed by atoms with van der Waals surface area (Å²) in [5.41, 5.74) is 0.643. The molecule has 0 fully saturated rings. The van der Waals surface area contributed by atoms with Crippen LogP contribution in [-0.2, 0) is 9.84 Å². The van der Waals surface area contributed by atoms with Gasteiger partial charge in [0.1, 0.15) is 11.0 Å². The largest absolute Gasteiger partial charge is 0.233 e. The second-order valence-corrected chi connectivity index (χ2v) is 5.89. The van der Waals surface area contributed by atoms with Crippen molar-refractivity contribution in [1.82, 2.24) is 9.97 Å². The summed E-state index contributed by atoms with van der Waals surface area (Å²) in [5.74, 6) is 0.560. The maximum atomic E-state index is 11.4. The fraction of sp³-hybridized carbons (Fsp3) is 0.200. The van der Waals surface area contributed by atoms with Crippen LogP contribution in [-0.4, -0.2) is 24.6 Å². The smallest absolute Gasteiger partial charge is 0.175 e. The first-order chi connectivity index (χ1) is 7.38. The van der Waals surface area contributed by atoms with Crippen LogP contribution in [0, 0.1) is 6.92 Å². The molecule has 0 amide bonds. The molecule has 1 heterocycles. The van der Waals surface area contributed by atoms with E-state index in [4.69, 9.17) is 11.6 Å². The zero-order chi connectivity index (χ0) is 11.9. The van der Waals surface area contributed by atoms with Crippen molar-refractivity contribution >= 4 is 32.3 Å². The maximum absolute atomic E-state index is 11.4. The highest BCUT2D eigenvalue weighted by Crippen LogP contribution is 2.23. The molecule has 0 bridgehead atoms. The average Bonchev–Trinajstić information content (AvgIpc) is 2.15. The standard InChI is InChI=1S/C10H9ClN2O2S/c1-6-12-9-4-3-7(16(2,14)15)5-8(9)10(11)13-6/h3-5H,1-2H3. The van der Waals surface area contributed by atoms with Crippen molar-refractivity contribution in [3.63, 3.8) is 0 Å². The summed E-state index contributed by atoms with van der Waals surface area (Å²) >= 11 is 5.94. The Morgan fingerprint density at radius 3 is 2.56 bits per heavy atom. The Labute approximate surface area is 98.2 Å². The Bertz CT molecular complexity index is 668. The number of aromatic nitrogens is 2. The molecule has 0 radical (unpaired) electrons. The van der Waals surface area contributed by atoms with Gasteiger partial charge in [0.05, 0.1) is 10.4 Å². The van der Waals surface area contributed by atoms with Crippen molar-refractivity contribution < 1.29 is 8.42 Å². The fourth-order valence-corrected chi connectivity index (χ4v) is 2.33. The number of nitrogens with zero attached hydrogens (tertiary/aromatic N) is 2. The first-order valence-electron chi connectivity index (χ1n) is 4.52. The Kier molecular flexibility index (Phi) is 2.59. The quantitative estimate of drug-likeness (QED) is 0.732. The molecule has 0 aliphatic rings. The van der Waals surface area contributed by atoms with Gasteiger partial charge in [-0.25, -0.2) is 18.4 Å². The SMILES string of the molecule is Cc1nc(Cl)c2cc(S(C)(=O)=O)ccc2n1. The summed E-state index contributed by atoms with van der Waals surface area (Å²) in [6.45, 7) is 1.73. The van der Waals surface area contributed by atoms with Gasteiger partial charge in [0, 0.05) is 11.6 Å². The molecule has 0 saturated heterocycles. The second kappa shape index (κ2) is 3.68. The average molecular weight is 257 g/mol. The first kappa shape index (κ1) is 11.3. The van der Waals surface area contributed by atoms with Gasteiger partial charge >= 0.3 is 0 Å². The van der Waals surface area contributed by atoms with Crippen molar-refractivity contribution in [3.05, 3.63) is 29.2 Å². The van der Waals surface area contributed by atoms with Crippen molar-refractivity contribution in [1.29, 1.82) is 0 Å². The third-order valence-electron chi connectivity index (χ3n) is 2.16. The zero-order valence-corrected chi connectivity index (χ0v) is 10.3. The van der Waals surface area contributed by atoms with Crippen molar-refractivity contribution in [2.24, 2.45) is 0 Å². The van der Waals surface area contributed by atoms with Gasteiger partial charge in [-0.1, -0.05) is 11.6 Å². The summed E-state index contributed by atoms with van der Waals surface area (Å²) in [6, 6.07) is 4.64. The van der Waals surface area contributed by atoms with Gasteiger partial charge < -0.3 is 0 Å². The summed E-state index contributed by atoms with van der Waals surface area (Å²) in [7, 11) is -3.24. The van der Waals surface area contributed by atoms with Crippen LogP contribution >= 0.6 is 11.6 Å². The van der Waals surface area contributed by atoms with Crippen LogP contribution in [0.3, 0.4) is 0 Å². The fourth-order valence-electron chi connectivity index (χ4n) is 1.41. The van der Waals surface area contributed by atoms with E-state index < -0.39 is 9.84 Å². The molecule has 0 aliphatic heterocycles. The highest BCUT2D eigenvalue weighted by Gasteiger charge is 2.10. The first-order valence-corrected chi connectivity index (χ1v) is 6.79. The minimum atomic E-state index is -3.24. The van der Waals surface area contributed by atoms with Gasteiger partial charge in [-0.05, 0) is 25.1 Å². The van der Waals surface area contributed by atoms with Gasteiger partial charge in [0.2, 0.25) is 0 Å². The van der Waals surface area contributed by atoms with Gasteiger partial charge in [-0.2, -0.15) is 0 Å². The number of benzene rings is 1. The molecule has 0 saturated carbocycles. The number of fused-ring (bicyclic) bond motifs is 1. The molecule has 16 heavy (non-hydrogen) atoms. The predicted octanol–water partition coefficient (Wildman–Crippen LogP) is 2.00. The summed E-state index contributed by atoms with van der Waals surface area (Å²) < 4.78 is 22.7. The number of halogens is 1. The second-order valence-electron chi connectivity index (χ2n) is 3.51. The summed E-state index contributed by atoms with van der Waals surface area (Å²) in [4.78, 5) is 8.37. The zero-order valence-electron chi connectivity index (χ0n) is 8.73. The summed E-state index contributed by atoms with van der Waals surface area (Å²) in [5, 5.41) is 0.822. The topological polar surface area (TPSA) is 59.9 Å². The number of sulfone groups is 1. The number of hydrogen-bond donors (Lipinski definition) is 0. The third-order valence-corrected chi connectivity index (χ3v) is 3.56. The van der Waals surface area contributed by atoms with Crippen LogP contribution in [0.15, 0.2) is 23.1 Å². The van der Waals surface area contributed by atoms with Gasteiger partial charge in [0.25, 0.3) is 0 Å². The Balaban J connectivity index is 2.82. The highest BCUT2D eigenvalue weighted by atomic mass is 35.5. The Morgan fingerprint density at radius 1 is 1.25 bits per heavy atom. The number of rotatable bonds is 1. The minimum Gasteiger partial charge on any atom is -0.233 e. The monoisotopic (exact) mass is 256 g/mol. The van der Waals surface area contributed by atoms with Crippen LogP contribution in [0.5, 0.6) is 0 Å². The normalized spacial score (nSPS) is 11.9. The molecular weight excluding hydrogens is 248 g/mol. The van der Waals surface area contributed by atoms with E-state index in [1.54, 1.807) is 13.0 Å². The predicted molar refractivity (Wildman–Crippen MR) is 62.4 cm³/mol. The van der Waals surface area contributed by atoms with E-state index in [-0.39, 0.29) is 10.0 Å². The number of aryl methyl sites for hydroxylation is 1. The highest BCUT2D eigenvalue weighted by molar-refractivity contribution is 7.90. The van der Waals surface area contributed by atoms with Crippen LogP contribution in [0.2, 0.25) is 5.15 Å². The lowest BCUT2D eigenvalue weighted by atomic mass is 10.2. The molecule has 0 atom stereocenters. The molecule has 6 heteroatoms. The van der Waals surface area contributed by atoms with E-state index in [1.807, 2.05) is 0 Å². The molecule has 1 aromatic carbocycles. The van der Waals surface area contributed by atoms with E-state index in [9.17, 15) is 8.42 Å². The van der Waals surface area contributed by atoms with Gasteiger partial charge in [0.15, 0.2) is 9.84 Å². The van der Waals surface area contributed by atoms with Crippen molar-refractivity contribution in [2.45, 2.75) is 11.8 Å². The Hall–Kier alpha value is -1.20. The van der Waals surface area contributed by atoms with Crippen LogP contribution < -0.4 is 0 Å². The maximum Gasteiger partial charge on any atom is 0.175 e. The summed E-state index contributed by atoms with van der Waals surface area (Å²) in [6.07, 6.45) is 1.15. The van der Waals surface area contributed by atoms with E-state index >= 15 is 0 Å². The van der Waals surface area contributed by atoms with Crippen LogP contribution in [0.1, 0.15) is 5.82 Å². The third kappa shape index (κ3) is 2.01. The lowest BCUT2D eigenvalue weighted by Crippen LogP contribution is -1.98.